The third-order valence-electron chi connectivity index (χ3n) is 5.89. The van der Waals surface area contributed by atoms with Crippen LogP contribution in [0.25, 0.3) is 0 Å². The number of hydrogen-bond donors (Lipinski definition) is 1. The van der Waals surface area contributed by atoms with Gasteiger partial charge in [-0.15, -0.1) is 11.8 Å². The van der Waals surface area contributed by atoms with Gasteiger partial charge in [0.25, 0.3) is 0 Å². The fraction of sp³-hybridized carbons (Fsp3) is 0.391. The number of aryl methyl sites for hydroxylation is 1. The topological polar surface area (TPSA) is 52.7 Å². The maximum absolute atomic E-state index is 12.7. The molecule has 2 aromatic carbocycles. The zero-order valence-electron chi connectivity index (χ0n) is 16.8. The maximum Gasteiger partial charge on any atom is 0.321 e. The van der Waals surface area contributed by atoms with Crippen LogP contribution in [0.2, 0.25) is 0 Å². The Kier molecular flexibility index (Phi) is 5.81. The molecule has 29 heavy (non-hydrogen) atoms. The molecule has 152 valence electrons. The van der Waals surface area contributed by atoms with Gasteiger partial charge in [0.05, 0.1) is 10.6 Å². The highest BCUT2D eigenvalue weighted by Gasteiger charge is 2.48. The highest BCUT2D eigenvalue weighted by atomic mass is 32.2. The normalized spacial score (nSPS) is 18.3. The van der Waals surface area contributed by atoms with E-state index < -0.39 is 0 Å². The number of carbonyl (C=O) groups is 2. The number of hydrogen-bond acceptors (Lipinski definition) is 3. The number of amides is 3. The van der Waals surface area contributed by atoms with Crippen molar-refractivity contribution < 1.29 is 9.59 Å². The Labute approximate surface area is 176 Å². The molecule has 2 saturated heterocycles. The first kappa shape index (κ1) is 19.8. The molecule has 0 atom stereocenters. The highest BCUT2D eigenvalue weighted by molar-refractivity contribution is 8.01. The van der Waals surface area contributed by atoms with E-state index in [1.807, 2.05) is 52.3 Å². The second kappa shape index (κ2) is 8.49. The molecule has 0 aromatic heterocycles. The summed E-state index contributed by atoms with van der Waals surface area (Å²) in [5.74, 6) is 0.732. The molecule has 2 heterocycles. The van der Waals surface area contributed by atoms with Gasteiger partial charge in [-0.2, -0.15) is 0 Å². The van der Waals surface area contributed by atoms with Crippen LogP contribution < -0.4 is 5.32 Å². The number of anilines is 1. The lowest BCUT2D eigenvalue weighted by Gasteiger charge is -2.44. The second-order valence-corrected chi connectivity index (χ2v) is 9.01. The minimum absolute atomic E-state index is 0.0620. The summed E-state index contributed by atoms with van der Waals surface area (Å²) in [6, 6.07) is 18.1. The molecule has 2 aliphatic rings. The summed E-state index contributed by atoms with van der Waals surface area (Å²) in [4.78, 5) is 29.0. The first-order chi connectivity index (χ1) is 14.1. The molecular weight excluding hydrogens is 382 g/mol. The molecule has 0 unspecified atom stereocenters. The van der Waals surface area contributed by atoms with E-state index in [0.717, 1.165) is 30.5 Å². The second-order valence-electron chi connectivity index (χ2n) is 7.67. The summed E-state index contributed by atoms with van der Waals surface area (Å²) >= 11 is 1.74. The Balaban J connectivity index is 1.38. The lowest BCUT2D eigenvalue weighted by Crippen LogP contribution is -2.53. The van der Waals surface area contributed by atoms with E-state index in [-0.39, 0.29) is 16.8 Å². The molecular formula is C23H27N3O2S. The first-order valence-corrected chi connectivity index (χ1v) is 11.2. The van der Waals surface area contributed by atoms with Crippen LogP contribution in [0.4, 0.5) is 10.5 Å². The number of urea groups is 1. The van der Waals surface area contributed by atoms with E-state index >= 15 is 0 Å². The van der Waals surface area contributed by atoms with Gasteiger partial charge in [-0.3, -0.25) is 4.79 Å². The van der Waals surface area contributed by atoms with Crippen LogP contribution in [0.3, 0.4) is 0 Å². The van der Waals surface area contributed by atoms with Gasteiger partial charge in [0.15, 0.2) is 0 Å². The summed E-state index contributed by atoms with van der Waals surface area (Å²) < 4.78 is 0. The van der Waals surface area contributed by atoms with Crippen molar-refractivity contribution in [1.82, 2.24) is 9.80 Å². The number of nitrogens with one attached hydrogen (secondary N) is 1. The molecule has 1 spiro atoms. The fourth-order valence-electron chi connectivity index (χ4n) is 4.08. The van der Waals surface area contributed by atoms with Crippen LogP contribution in [0.1, 0.15) is 30.9 Å². The molecule has 5 nitrogen and oxygen atoms in total. The summed E-state index contributed by atoms with van der Waals surface area (Å²) in [6.07, 6.45) is 2.59. The van der Waals surface area contributed by atoms with Crippen molar-refractivity contribution in [2.45, 2.75) is 37.6 Å². The van der Waals surface area contributed by atoms with Gasteiger partial charge >= 0.3 is 6.03 Å². The van der Waals surface area contributed by atoms with E-state index in [1.54, 1.807) is 11.8 Å². The van der Waals surface area contributed by atoms with E-state index in [1.165, 1.54) is 5.56 Å². The zero-order chi connectivity index (χ0) is 20.3. The van der Waals surface area contributed by atoms with Crippen molar-refractivity contribution in [3.8, 4) is 0 Å². The third kappa shape index (κ3) is 4.27. The van der Waals surface area contributed by atoms with Gasteiger partial charge in [0, 0.05) is 25.3 Å². The molecule has 0 bridgehead atoms. The van der Waals surface area contributed by atoms with Crippen LogP contribution in [-0.2, 0) is 17.8 Å². The zero-order valence-corrected chi connectivity index (χ0v) is 17.6. The largest absolute Gasteiger partial charge is 0.324 e. The summed E-state index contributed by atoms with van der Waals surface area (Å²) in [5, 5.41) is 3.00. The number of nitrogens with zero attached hydrogens (tertiary/aromatic N) is 2. The Bertz CT molecular complexity index is 861. The summed E-state index contributed by atoms with van der Waals surface area (Å²) in [5.41, 5.74) is 3.23. The quantitative estimate of drug-likeness (QED) is 0.817. The molecule has 6 heteroatoms. The van der Waals surface area contributed by atoms with Gasteiger partial charge in [0.2, 0.25) is 5.91 Å². The standard InChI is InChI=1S/C23H27N3O2S/c1-2-18-8-10-20(11-9-18)24-22(28)25-14-12-23(13-15-25)26(21(27)17-29-23)16-19-6-4-3-5-7-19/h3-11H,2,12-17H2,1H3,(H,24,28). The molecule has 4 rings (SSSR count). The maximum atomic E-state index is 12.7. The SMILES string of the molecule is CCc1ccc(NC(=O)N2CCC3(CC2)SCC(=O)N3Cc2ccccc2)cc1. The van der Waals surface area contributed by atoms with E-state index in [0.29, 0.717) is 25.4 Å². The van der Waals surface area contributed by atoms with Crippen molar-refractivity contribution in [3.63, 3.8) is 0 Å². The molecule has 2 aliphatic heterocycles. The molecule has 0 aliphatic carbocycles. The number of rotatable bonds is 4. The average molecular weight is 410 g/mol. The van der Waals surface area contributed by atoms with Crippen LogP contribution in [0, 0.1) is 0 Å². The van der Waals surface area contributed by atoms with Gasteiger partial charge in [0.1, 0.15) is 0 Å². The van der Waals surface area contributed by atoms with E-state index in [4.69, 9.17) is 0 Å². The van der Waals surface area contributed by atoms with E-state index in [9.17, 15) is 9.59 Å². The van der Waals surface area contributed by atoms with E-state index in [2.05, 4.69) is 24.4 Å². The van der Waals surface area contributed by atoms with Crippen molar-refractivity contribution >= 4 is 29.4 Å². The van der Waals surface area contributed by atoms with Gasteiger partial charge in [-0.05, 0) is 42.5 Å². The fourth-order valence-corrected chi connectivity index (χ4v) is 5.42. The number of benzene rings is 2. The van der Waals surface area contributed by atoms with Crippen LogP contribution in [0.5, 0.6) is 0 Å². The number of carbonyl (C=O) groups excluding carboxylic acids is 2. The van der Waals surface area contributed by atoms with Crippen LogP contribution in [0.15, 0.2) is 54.6 Å². The Hall–Kier alpha value is -2.47. The molecule has 2 fully saturated rings. The summed E-state index contributed by atoms with van der Waals surface area (Å²) in [6.45, 7) is 4.07. The van der Waals surface area contributed by atoms with Gasteiger partial charge < -0.3 is 15.1 Å². The van der Waals surface area contributed by atoms with Gasteiger partial charge in [-0.25, -0.2) is 4.79 Å². The third-order valence-corrected chi connectivity index (χ3v) is 7.44. The molecule has 1 N–H and O–H groups in total. The lowest BCUT2D eigenvalue weighted by molar-refractivity contribution is -0.131. The number of piperidine rings is 1. The predicted octanol–water partition coefficient (Wildman–Crippen LogP) is 4.35. The molecule has 3 amide bonds. The van der Waals surface area contributed by atoms with Crippen molar-refractivity contribution in [2.75, 3.05) is 24.2 Å². The molecule has 2 aromatic rings. The number of thioether (sulfide) groups is 1. The molecule has 0 saturated carbocycles. The smallest absolute Gasteiger partial charge is 0.321 e. The average Bonchev–Trinajstić information content (AvgIpc) is 3.05. The van der Waals surface area contributed by atoms with Crippen LogP contribution >= 0.6 is 11.8 Å². The van der Waals surface area contributed by atoms with Gasteiger partial charge in [-0.1, -0.05) is 49.4 Å². The van der Waals surface area contributed by atoms with Crippen molar-refractivity contribution in [3.05, 3.63) is 65.7 Å². The highest BCUT2D eigenvalue weighted by Crippen LogP contribution is 2.45. The minimum Gasteiger partial charge on any atom is -0.324 e. The minimum atomic E-state index is -0.188. The Morgan fingerprint density at radius 3 is 2.38 bits per heavy atom. The summed E-state index contributed by atoms with van der Waals surface area (Å²) in [7, 11) is 0. The lowest BCUT2D eigenvalue weighted by atomic mass is 10.0. The monoisotopic (exact) mass is 409 g/mol. The molecule has 0 radical (unpaired) electrons. The Morgan fingerprint density at radius 2 is 1.72 bits per heavy atom. The first-order valence-electron chi connectivity index (χ1n) is 10.2. The Morgan fingerprint density at radius 1 is 1.03 bits per heavy atom. The predicted molar refractivity (Wildman–Crippen MR) is 118 cm³/mol. The number of likely N-dealkylation sites (tertiary alicyclic amines) is 1. The van der Waals surface area contributed by atoms with Crippen molar-refractivity contribution in [1.29, 1.82) is 0 Å². The van der Waals surface area contributed by atoms with Crippen molar-refractivity contribution in [2.24, 2.45) is 0 Å². The van der Waals surface area contributed by atoms with Crippen LogP contribution in [-0.4, -0.2) is 45.5 Å².